The van der Waals surface area contributed by atoms with Crippen molar-refractivity contribution in [3.63, 3.8) is 0 Å². The van der Waals surface area contributed by atoms with Crippen LogP contribution in [0.15, 0.2) is 0 Å². The first-order valence-electron chi connectivity index (χ1n) is 9.07. The van der Waals surface area contributed by atoms with E-state index in [9.17, 15) is 48.7 Å². The molecule has 0 bridgehead atoms. The van der Waals surface area contributed by atoms with Gasteiger partial charge in [-0.2, -0.15) is 26.3 Å². The van der Waals surface area contributed by atoms with Crippen LogP contribution in [0, 0.1) is 11.1 Å². The molecule has 0 heterocycles. The van der Waals surface area contributed by atoms with Gasteiger partial charge in [0, 0.05) is 13.0 Å². The monoisotopic (exact) mass is 479 g/mol. The average Bonchev–Trinajstić information content (AvgIpc) is 2.47. The minimum absolute atomic E-state index is 0.0453. The summed E-state index contributed by atoms with van der Waals surface area (Å²) in [5.74, 6) is -2.36. The summed E-state index contributed by atoms with van der Waals surface area (Å²) >= 11 is 0. The van der Waals surface area contributed by atoms with Gasteiger partial charge in [-0.25, -0.2) is 21.9 Å². The van der Waals surface area contributed by atoms with Gasteiger partial charge in [-0.1, -0.05) is 0 Å². The summed E-state index contributed by atoms with van der Waals surface area (Å²) in [7, 11) is -2.69. The van der Waals surface area contributed by atoms with Crippen LogP contribution in [-0.4, -0.2) is 63.1 Å². The Morgan fingerprint density at radius 2 is 1.43 bits per heavy atom. The Labute approximate surface area is 170 Å². The second kappa shape index (κ2) is 10.7. The van der Waals surface area contributed by atoms with E-state index in [1.54, 1.807) is 0 Å². The summed E-state index contributed by atoms with van der Waals surface area (Å²) < 4.78 is 131. The maximum absolute atomic E-state index is 14.0. The van der Waals surface area contributed by atoms with Crippen molar-refractivity contribution >= 4 is 10.0 Å². The zero-order valence-electron chi connectivity index (χ0n) is 16.8. The fourth-order valence-electron chi connectivity index (χ4n) is 2.92. The first kappa shape index (κ1) is 29.3. The molecule has 0 rings (SSSR count). The predicted octanol–water partition coefficient (Wildman–Crippen LogP) is 4.48. The van der Waals surface area contributed by atoms with Crippen molar-refractivity contribution in [3.05, 3.63) is 5.21 Å². The molecule has 1 atom stereocenters. The Morgan fingerprint density at radius 3 is 1.83 bits per heavy atom. The van der Waals surface area contributed by atoms with E-state index in [2.05, 4.69) is 4.72 Å². The number of alkyl halides is 8. The van der Waals surface area contributed by atoms with Crippen LogP contribution in [0.4, 0.5) is 35.1 Å². The topological polar surface area (TPSA) is 72.5 Å². The Morgan fingerprint density at radius 1 is 0.933 bits per heavy atom. The highest BCUT2D eigenvalue weighted by Gasteiger charge is 2.72. The van der Waals surface area contributed by atoms with Crippen LogP contribution in [-0.2, 0) is 10.0 Å². The van der Waals surface area contributed by atoms with E-state index in [0.717, 1.165) is 13.8 Å². The van der Waals surface area contributed by atoms with Crippen LogP contribution < -0.4 is 4.72 Å². The molecule has 0 aromatic rings. The Kier molecular flexibility index (Phi) is 10.5. The molecular weight excluding hydrogens is 452 g/mol. The number of nitrogens with one attached hydrogen (secondary N) is 1. The lowest BCUT2D eigenvalue weighted by atomic mass is 9.82. The van der Waals surface area contributed by atoms with Gasteiger partial charge < -0.3 is 10.3 Å². The molecule has 0 radical (unpaired) electrons. The number of nitrogens with zero attached hydrogens (tertiary/aromatic N) is 1. The fraction of sp³-hybridized carbons (Fsp3) is 1.00. The van der Waals surface area contributed by atoms with E-state index >= 15 is 0 Å². The number of sulfonamides is 1. The first-order chi connectivity index (χ1) is 13.2. The first-order valence-corrected chi connectivity index (χ1v) is 10.7. The van der Waals surface area contributed by atoms with Gasteiger partial charge in [-0.15, -0.1) is 0 Å². The smallest absolute Gasteiger partial charge is 0.431 e. The van der Waals surface area contributed by atoms with E-state index in [-0.39, 0.29) is 19.5 Å². The van der Waals surface area contributed by atoms with Gasteiger partial charge in [0.05, 0.1) is 5.75 Å². The third-order valence-electron chi connectivity index (χ3n) is 4.24. The van der Waals surface area contributed by atoms with Crippen LogP contribution in [0.2, 0.25) is 0 Å². The maximum atomic E-state index is 14.0. The van der Waals surface area contributed by atoms with E-state index < -0.39 is 71.1 Å². The molecule has 0 aliphatic carbocycles. The van der Waals surface area contributed by atoms with E-state index in [0.29, 0.717) is 5.06 Å². The highest BCUT2D eigenvalue weighted by atomic mass is 32.2. The lowest BCUT2D eigenvalue weighted by molar-refractivity contribution is -0.346. The summed E-state index contributed by atoms with van der Waals surface area (Å²) in [5, 5.41) is 11.3. The summed E-state index contributed by atoms with van der Waals surface area (Å²) in [6, 6.07) is 0. The van der Waals surface area contributed by atoms with Crippen LogP contribution >= 0.6 is 0 Å². The molecule has 0 saturated heterocycles. The van der Waals surface area contributed by atoms with Gasteiger partial charge in [0.2, 0.25) is 10.0 Å². The van der Waals surface area contributed by atoms with Gasteiger partial charge in [0.1, 0.15) is 5.67 Å². The van der Waals surface area contributed by atoms with E-state index in [1.807, 2.05) is 0 Å². The zero-order chi connectivity index (χ0) is 24.0. The standard InChI is InChI=1S/C16H27F8N2O3S/c1-13(2,17)10-12(11-14(18,15(19,20)21)16(22,23)24)6-4-9-30(28,29)25-7-5-8-26(3)27/h12,25H,4-11H2,1-3H3/q-1. The molecule has 1 unspecified atom stereocenters. The second-order valence-corrected chi connectivity index (χ2v) is 9.78. The summed E-state index contributed by atoms with van der Waals surface area (Å²) in [6.45, 7) is 1.80. The molecule has 0 aromatic heterocycles. The van der Waals surface area contributed by atoms with E-state index in [4.69, 9.17) is 0 Å². The highest BCUT2D eigenvalue weighted by Crippen LogP contribution is 2.51. The number of hydrogen-bond donors (Lipinski definition) is 1. The van der Waals surface area contributed by atoms with Crippen molar-refractivity contribution in [2.24, 2.45) is 5.92 Å². The molecule has 30 heavy (non-hydrogen) atoms. The molecule has 0 aliphatic heterocycles. The molecule has 182 valence electrons. The SMILES string of the molecule is CN([O-])CCCNS(=O)(=O)CCCC(CC(C)(C)F)CC(F)(C(F)(F)F)C(F)(F)F. The number of rotatable bonds is 13. The van der Waals surface area contributed by atoms with Crippen molar-refractivity contribution in [3.8, 4) is 0 Å². The summed E-state index contributed by atoms with van der Waals surface area (Å²) in [6.07, 6.45) is -16.2. The van der Waals surface area contributed by atoms with Crippen LogP contribution in [0.5, 0.6) is 0 Å². The zero-order valence-corrected chi connectivity index (χ0v) is 17.7. The van der Waals surface area contributed by atoms with Crippen molar-refractivity contribution in [1.82, 2.24) is 9.79 Å². The lowest BCUT2D eigenvalue weighted by Gasteiger charge is -2.34. The third kappa shape index (κ3) is 10.5. The average molecular weight is 479 g/mol. The van der Waals surface area contributed by atoms with Crippen molar-refractivity contribution in [2.75, 3.05) is 25.9 Å². The largest absolute Gasteiger partial charge is 0.785 e. The Balaban J connectivity index is 5.13. The van der Waals surface area contributed by atoms with Gasteiger partial charge >= 0.3 is 12.4 Å². The minimum atomic E-state index is -6.26. The highest BCUT2D eigenvalue weighted by molar-refractivity contribution is 7.89. The summed E-state index contributed by atoms with van der Waals surface area (Å²) in [5.41, 5.74) is -7.72. The van der Waals surface area contributed by atoms with Crippen LogP contribution in [0.1, 0.15) is 46.0 Å². The third-order valence-corrected chi connectivity index (χ3v) is 5.71. The van der Waals surface area contributed by atoms with Gasteiger partial charge in [-0.3, -0.25) is 0 Å². The molecule has 0 spiro atoms. The fourth-order valence-corrected chi connectivity index (χ4v) is 4.06. The molecular formula is C16H27F8N2O3S-. The summed E-state index contributed by atoms with van der Waals surface area (Å²) in [4.78, 5) is 0. The molecule has 14 heteroatoms. The van der Waals surface area contributed by atoms with Gasteiger partial charge in [0.25, 0.3) is 5.67 Å². The normalized spacial score (nSPS) is 15.6. The van der Waals surface area contributed by atoms with Crippen LogP contribution in [0.25, 0.3) is 0 Å². The van der Waals surface area contributed by atoms with E-state index in [1.165, 1.54) is 7.05 Å². The molecule has 5 nitrogen and oxygen atoms in total. The van der Waals surface area contributed by atoms with Crippen molar-refractivity contribution in [1.29, 1.82) is 0 Å². The number of halogens is 8. The second-order valence-electron chi connectivity index (χ2n) is 7.85. The quantitative estimate of drug-likeness (QED) is 0.240. The van der Waals surface area contributed by atoms with Crippen molar-refractivity contribution < 1.29 is 43.5 Å². The van der Waals surface area contributed by atoms with Gasteiger partial charge in [0.15, 0.2) is 0 Å². The Bertz CT molecular complexity index is 601. The molecule has 0 aliphatic rings. The molecule has 1 N–H and O–H groups in total. The van der Waals surface area contributed by atoms with Crippen LogP contribution in [0.3, 0.4) is 0 Å². The predicted molar refractivity (Wildman–Crippen MR) is 95.5 cm³/mol. The molecule has 0 saturated carbocycles. The number of hydroxylamine groups is 2. The molecule has 0 amide bonds. The Hall–Kier alpha value is -0.730. The van der Waals surface area contributed by atoms with Crippen molar-refractivity contribution in [2.45, 2.75) is 69.6 Å². The van der Waals surface area contributed by atoms with Gasteiger partial charge in [-0.05, 0) is 59.0 Å². The number of hydrogen-bond acceptors (Lipinski definition) is 4. The lowest BCUT2D eigenvalue weighted by Crippen LogP contribution is -2.54. The minimum Gasteiger partial charge on any atom is -0.785 e. The molecule has 0 aromatic carbocycles. The maximum Gasteiger partial charge on any atom is 0.431 e. The molecule has 0 fully saturated rings.